The smallest absolute Gasteiger partial charge is 0.165 e. The molecule has 0 saturated heterocycles. The van der Waals surface area contributed by atoms with Crippen LogP contribution in [-0.2, 0) is 6.61 Å². The van der Waals surface area contributed by atoms with E-state index in [-0.39, 0.29) is 12.2 Å². The van der Waals surface area contributed by atoms with E-state index >= 15 is 0 Å². The molecule has 0 N–H and O–H groups in total. The van der Waals surface area contributed by atoms with Crippen LogP contribution in [0.15, 0.2) is 39.3 Å². The largest absolute Gasteiger partial charge is 0.486 e. The van der Waals surface area contributed by atoms with Crippen LogP contribution in [0.25, 0.3) is 0 Å². The van der Waals surface area contributed by atoms with E-state index in [1.807, 2.05) is 0 Å². The molecule has 0 aliphatic heterocycles. The second-order valence-electron chi connectivity index (χ2n) is 3.93. The Kier molecular flexibility index (Phi) is 4.88. The highest BCUT2D eigenvalue weighted by Crippen LogP contribution is 2.35. The van der Waals surface area contributed by atoms with Gasteiger partial charge in [0.05, 0.1) is 8.95 Å². The maximum atomic E-state index is 13.5. The maximum absolute atomic E-state index is 13.5. The fourth-order valence-corrected chi connectivity index (χ4v) is 3.05. The molecule has 2 nitrogen and oxygen atoms in total. The summed E-state index contributed by atoms with van der Waals surface area (Å²) in [7, 11) is 0. The Morgan fingerprint density at radius 2 is 1.80 bits per heavy atom. The predicted molar refractivity (Wildman–Crippen MR) is 77.9 cm³/mol. The lowest BCUT2D eigenvalue weighted by molar-refractivity contribution is 0.112. The van der Waals surface area contributed by atoms with Gasteiger partial charge in [0.1, 0.15) is 18.6 Å². The van der Waals surface area contributed by atoms with Crippen LogP contribution in [0.2, 0.25) is 0 Å². The number of carbonyl (C=O) groups excluding carboxylic acids is 1. The van der Waals surface area contributed by atoms with Crippen LogP contribution in [-0.4, -0.2) is 6.29 Å². The van der Waals surface area contributed by atoms with Crippen LogP contribution in [0, 0.1) is 11.6 Å². The molecule has 0 radical (unpaired) electrons. The highest BCUT2D eigenvalue weighted by molar-refractivity contribution is 9.11. The molecule has 2 aromatic rings. The topological polar surface area (TPSA) is 26.3 Å². The van der Waals surface area contributed by atoms with Crippen molar-refractivity contribution in [3.05, 3.63) is 62.0 Å². The first-order valence-electron chi connectivity index (χ1n) is 5.53. The molecule has 20 heavy (non-hydrogen) atoms. The van der Waals surface area contributed by atoms with Crippen molar-refractivity contribution in [3.63, 3.8) is 0 Å². The molecule has 6 heteroatoms. The van der Waals surface area contributed by atoms with Crippen molar-refractivity contribution in [2.24, 2.45) is 0 Å². The first kappa shape index (κ1) is 15.1. The summed E-state index contributed by atoms with van der Waals surface area (Å²) in [5, 5.41) is 0. The average molecular weight is 406 g/mol. The van der Waals surface area contributed by atoms with Gasteiger partial charge >= 0.3 is 0 Å². The van der Waals surface area contributed by atoms with Gasteiger partial charge in [0.2, 0.25) is 0 Å². The fraction of sp³-hybridized carbons (Fsp3) is 0.0714. The summed E-state index contributed by atoms with van der Waals surface area (Å²) in [5.41, 5.74) is 0.580. The molecule has 104 valence electrons. The number of hydrogen-bond donors (Lipinski definition) is 0. The molecule has 0 saturated carbocycles. The van der Waals surface area contributed by atoms with Crippen LogP contribution in [0.3, 0.4) is 0 Å². The minimum atomic E-state index is -0.927. The van der Waals surface area contributed by atoms with E-state index < -0.39 is 11.6 Å². The van der Waals surface area contributed by atoms with E-state index in [1.54, 1.807) is 12.1 Å². The third-order valence-corrected chi connectivity index (χ3v) is 3.74. The van der Waals surface area contributed by atoms with Gasteiger partial charge in [-0.2, -0.15) is 0 Å². The Hall–Kier alpha value is -1.27. The molecule has 2 rings (SSSR count). The molecule has 0 spiro atoms. The zero-order valence-electron chi connectivity index (χ0n) is 10.00. The maximum Gasteiger partial charge on any atom is 0.165 e. The standard InChI is InChI=1S/C14H8Br2F2O2/c15-10-4-8(6-19)5-11(16)14(10)20-7-9-2-1-3-12(17)13(9)18/h1-6H,7H2. The third kappa shape index (κ3) is 3.24. The van der Waals surface area contributed by atoms with E-state index in [9.17, 15) is 13.6 Å². The number of halogens is 4. The second-order valence-corrected chi connectivity index (χ2v) is 5.64. The van der Waals surface area contributed by atoms with Gasteiger partial charge in [-0.25, -0.2) is 8.78 Å². The first-order chi connectivity index (χ1) is 9.52. The molecule has 2 aromatic carbocycles. The Balaban J connectivity index is 2.23. The zero-order valence-corrected chi connectivity index (χ0v) is 13.2. The summed E-state index contributed by atoms with van der Waals surface area (Å²) in [6.07, 6.45) is 0.700. The molecular weight excluding hydrogens is 398 g/mol. The third-order valence-electron chi connectivity index (χ3n) is 2.56. The van der Waals surface area contributed by atoms with Crippen molar-refractivity contribution in [1.29, 1.82) is 0 Å². The molecule has 0 heterocycles. The van der Waals surface area contributed by atoms with Crippen LogP contribution in [0.5, 0.6) is 5.75 Å². The van der Waals surface area contributed by atoms with Crippen molar-refractivity contribution in [3.8, 4) is 5.75 Å². The highest BCUT2D eigenvalue weighted by Gasteiger charge is 2.12. The zero-order chi connectivity index (χ0) is 14.7. The number of carbonyl (C=O) groups is 1. The normalized spacial score (nSPS) is 10.4. The molecule has 0 aliphatic rings. The Morgan fingerprint density at radius 1 is 1.15 bits per heavy atom. The van der Waals surface area contributed by atoms with Gasteiger partial charge in [0.25, 0.3) is 0 Å². The van der Waals surface area contributed by atoms with E-state index in [0.29, 0.717) is 26.5 Å². The van der Waals surface area contributed by atoms with Crippen molar-refractivity contribution in [2.45, 2.75) is 6.61 Å². The van der Waals surface area contributed by atoms with Crippen LogP contribution >= 0.6 is 31.9 Å². The van der Waals surface area contributed by atoms with Crippen LogP contribution < -0.4 is 4.74 Å². The molecular formula is C14H8Br2F2O2. The summed E-state index contributed by atoms with van der Waals surface area (Å²) in [6, 6.07) is 7.06. The molecule has 0 aliphatic carbocycles. The quantitative estimate of drug-likeness (QED) is 0.677. The van der Waals surface area contributed by atoms with Crippen molar-refractivity contribution in [1.82, 2.24) is 0 Å². The second kappa shape index (κ2) is 6.45. The van der Waals surface area contributed by atoms with E-state index in [2.05, 4.69) is 31.9 Å². The van der Waals surface area contributed by atoms with Gasteiger partial charge < -0.3 is 4.74 Å². The first-order valence-corrected chi connectivity index (χ1v) is 7.11. The molecule has 0 bridgehead atoms. The predicted octanol–water partition coefficient (Wildman–Crippen LogP) is 4.88. The number of ether oxygens (including phenoxy) is 1. The summed E-state index contributed by atoms with van der Waals surface area (Å²) < 4.78 is 33.1. The van der Waals surface area contributed by atoms with Gasteiger partial charge in [0.15, 0.2) is 11.6 Å². The van der Waals surface area contributed by atoms with E-state index in [0.717, 1.165) is 6.07 Å². The lowest BCUT2D eigenvalue weighted by Crippen LogP contribution is -2.01. The van der Waals surface area contributed by atoms with Crippen LogP contribution in [0.4, 0.5) is 8.78 Å². The monoisotopic (exact) mass is 404 g/mol. The molecule has 0 aromatic heterocycles. The molecule has 0 unspecified atom stereocenters. The van der Waals surface area contributed by atoms with Gasteiger partial charge in [0, 0.05) is 11.1 Å². The fourth-order valence-electron chi connectivity index (χ4n) is 1.60. The van der Waals surface area contributed by atoms with Crippen molar-refractivity contribution in [2.75, 3.05) is 0 Å². The Morgan fingerprint density at radius 3 is 2.40 bits per heavy atom. The number of rotatable bonds is 4. The molecule has 0 fully saturated rings. The number of benzene rings is 2. The lowest BCUT2D eigenvalue weighted by Gasteiger charge is -2.11. The Bertz CT molecular complexity index is 637. The Labute approximate surface area is 131 Å². The number of hydrogen-bond acceptors (Lipinski definition) is 2. The van der Waals surface area contributed by atoms with E-state index in [4.69, 9.17) is 4.74 Å². The van der Waals surface area contributed by atoms with Crippen molar-refractivity contribution >= 4 is 38.1 Å². The SMILES string of the molecule is O=Cc1cc(Br)c(OCc2cccc(F)c2F)c(Br)c1. The highest BCUT2D eigenvalue weighted by atomic mass is 79.9. The summed E-state index contributed by atoms with van der Waals surface area (Å²) in [6.45, 7) is -0.124. The molecule has 0 amide bonds. The van der Waals surface area contributed by atoms with Gasteiger partial charge in [-0.05, 0) is 50.1 Å². The van der Waals surface area contributed by atoms with Crippen LogP contribution in [0.1, 0.15) is 15.9 Å². The minimum Gasteiger partial charge on any atom is -0.486 e. The molecule has 0 atom stereocenters. The lowest BCUT2D eigenvalue weighted by atomic mass is 10.2. The average Bonchev–Trinajstić information content (AvgIpc) is 2.42. The minimum absolute atomic E-state index is 0.114. The van der Waals surface area contributed by atoms with Gasteiger partial charge in [-0.3, -0.25) is 4.79 Å². The number of aldehydes is 1. The van der Waals surface area contributed by atoms with Crippen molar-refractivity contribution < 1.29 is 18.3 Å². The van der Waals surface area contributed by atoms with Gasteiger partial charge in [-0.15, -0.1) is 0 Å². The van der Waals surface area contributed by atoms with Gasteiger partial charge in [-0.1, -0.05) is 12.1 Å². The summed E-state index contributed by atoms with van der Waals surface area (Å²) in [4.78, 5) is 10.7. The van der Waals surface area contributed by atoms with E-state index in [1.165, 1.54) is 12.1 Å². The summed E-state index contributed by atoms with van der Waals surface area (Å²) in [5.74, 6) is -1.43. The summed E-state index contributed by atoms with van der Waals surface area (Å²) >= 11 is 6.53.